The third-order valence-electron chi connectivity index (χ3n) is 4.02. The van der Waals surface area contributed by atoms with Crippen LogP contribution in [-0.4, -0.2) is 38.0 Å². The van der Waals surface area contributed by atoms with Crippen LogP contribution >= 0.6 is 11.3 Å². The van der Waals surface area contributed by atoms with E-state index in [1.54, 1.807) is 14.1 Å². The maximum absolute atomic E-state index is 12.2. The van der Waals surface area contributed by atoms with E-state index in [1.165, 1.54) is 22.7 Å². The Morgan fingerprint density at radius 3 is 2.86 bits per heavy atom. The van der Waals surface area contributed by atoms with E-state index in [4.69, 9.17) is 5.73 Å². The molecule has 0 aliphatic carbocycles. The van der Waals surface area contributed by atoms with Crippen LogP contribution in [0, 0.1) is 17.2 Å². The smallest absolute Gasteiger partial charge is 0.265 e. The van der Waals surface area contributed by atoms with Gasteiger partial charge in [0.25, 0.3) is 5.91 Å². The van der Waals surface area contributed by atoms with Gasteiger partial charge in [-0.2, -0.15) is 5.26 Å². The Balaban J connectivity index is 2.38. The fourth-order valence-corrected chi connectivity index (χ4v) is 3.93. The molecule has 0 bridgehead atoms. The first kappa shape index (κ1) is 15.6. The van der Waals surface area contributed by atoms with E-state index in [0.717, 1.165) is 30.9 Å². The molecule has 6 heteroatoms. The number of amides is 1. The van der Waals surface area contributed by atoms with Gasteiger partial charge in [0.05, 0.1) is 5.69 Å². The van der Waals surface area contributed by atoms with E-state index in [9.17, 15) is 10.1 Å². The fraction of sp³-hybridized carbons (Fsp3) is 0.600. The summed E-state index contributed by atoms with van der Waals surface area (Å²) in [6, 6.07) is 2.18. The van der Waals surface area contributed by atoms with Crippen molar-refractivity contribution in [3.8, 4) is 6.07 Å². The number of nitrogens with two attached hydrogens (primary N) is 1. The minimum Gasteiger partial charge on any atom is -0.396 e. The van der Waals surface area contributed by atoms with E-state index in [2.05, 4.69) is 17.9 Å². The number of piperidine rings is 1. The highest BCUT2D eigenvalue weighted by Crippen LogP contribution is 2.40. The Morgan fingerprint density at radius 2 is 2.29 bits per heavy atom. The second-order valence-corrected chi connectivity index (χ2v) is 6.70. The lowest BCUT2D eigenvalue weighted by molar-refractivity contribution is 0.0833. The van der Waals surface area contributed by atoms with Crippen molar-refractivity contribution in [1.82, 2.24) is 4.90 Å². The fourth-order valence-electron chi connectivity index (χ4n) is 2.71. The predicted octanol–water partition coefficient (Wildman–Crippen LogP) is 2.53. The van der Waals surface area contributed by atoms with Crippen LogP contribution in [0.2, 0.25) is 0 Å². The Labute approximate surface area is 129 Å². The van der Waals surface area contributed by atoms with Gasteiger partial charge in [-0.1, -0.05) is 13.3 Å². The summed E-state index contributed by atoms with van der Waals surface area (Å²) in [6.45, 7) is 4.07. The van der Waals surface area contributed by atoms with Crippen LogP contribution in [-0.2, 0) is 0 Å². The van der Waals surface area contributed by atoms with Crippen molar-refractivity contribution in [1.29, 1.82) is 5.26 Å². The zero-order valence-corrected chi connectivity index (χ0v) is 13.7. The number of carbonyl (C=O) groups is 1. The average Bonchev–Trinajstić information content (AvgIpc) is 2.83. The van der Waals surface area contributed by atoms with Gasteiger partial charge in [0.15, 0.2) is 0 Å². The summed E-state index contributed by atoms with van der Waals surface area (Å²) in [4.78, 5) is 16.4. The normalized spacial score (nSPS) is 18.4. The van der Waals surface area contributed by atoms with Crippen molar-refractivity contribution in [3.05, 3.63) is 10.4 Å². The zero-order valence-electron chi connectivity index (χ0n) is 12.8. The molecule has 21 heavy (non-hydrogen) atoms. The molecule has 2 rings (SSSR count). The first-order valence-electron chi connectivity index (χ1n) is 7.28. The van der Waals surface area contributed by atoms with E-state index >= 15 is 0 Å². The standard InChI is InChI=1S/C15H22N4OS/c1-4-10-6-5-7-19(9-10)15-11(8-16)12(17)13(21-15)14(20)18(2)3/h10H,4-7,9,17H2,1-3H3. The molecule has 2 heterocycles. The SMILES string of the molecule is CCC1CCCN(c2sc(C(=O)N(C)C)c(N)c2C#N)C1. The van der Waals surface area contributed by atoms with Crippen LogP contribution in [0.4, 0.5) is 10.7 Å². The Kier molecular flexibility index (Phi) is 4.73. The molecular formula is C15H22N4OS. The van der Waals surface area contributed by atoms with Crippen molar-refractivity contribution < 1.29 is 4.79 Å². The van der Waals surface area contributed by atoms with Crippen LogP contribution in [0.1, 0.15) is 41.4 Å². The molecule has 0 aromatic carbocycles. The summed E-state index contributed by atoms with van der Waals surface area (Å²) in [5, 5.41) is 10.3. The van der Waals surface area contributed by atoms with Gasteiger partial charge < -0.3 is 15.5 Å². The maximum atomic E-state index is 12.2. The molecule has 1 amide bonds. The van der Waals surface area contributed by atoms with Crippen LogP contribution in [0.15, 0.2) is 0 Å². The van der Waals surface area contributed by atoms with Gasteiger partial charge in [0.2, 0.25) is 0 Å². The monoisotopic (exact) mass is 306 g/mol. The number of nitrogens with zero attached hydrogens (tertiary/aromatic N) is 3. The number of carbonyl (C=O) groups excluding carboxylic acids is 1. The Morgan fingerprint density at radius 1 is 1.57 bits per heavy atom. The van der Waals surface area contributed by atoms with Gasteiger partial charge in [-0.15, -0.1) is 11.3 Å². The summed E-state index contributed by atoms with van der Waals surface area (Å²) < 4.78 is 0. The van der Waals surface area contributed by atoms with Crippen LogP contribution < -0.4 is 10.6 Å². The highest BCUT2D eigenvalue weighted by Gasteiger charge is 2.27. The number of hydrogen-bond donors (Lipinski definition) is 1. The molecule has 0 saturated carbocycles. The topological polar surface area (TPSA) is 73.4 Å². The van der Waals surface area contributed by atoms with E-state index in [0.29, 0.717) is 22.0 Å². The van der Waals surface area contributed by atoms with Crippen molar-refractivity contribution in [2.75, 3.05) is 37.8 Å². The number of thiophene rings is 1. The minimum absolute atomic E-state index is 0.135. The van der Waals surface area contributed by atoms with Crippen LogP contribution in [0.25, 0.3) is 0 Å². The average molecular weight is 306 g/mol. The first-order chi connectivity index (χ1) is 9.99. The Hall–Kier alpha value is -1.74. The lowest BCUT2D eigenvalue weighted by Crippen LogP contribution is -2.35. The molecule has 5 nitrogen and oxygen atoms in total. The molecule has 0 spiro atoms. The van der Waals surface area contributed by atoms with Crippen molar-refractivity contribution >= 4 is 27.9 Å². The number of anilines is 2. The van der Waals surface area contributed by atoms with E-state index in [1.807, 2.05) is 0 Å². The molecule has 1 aromatic heterocycles. The largest absolute Gasteiger partial charge is 0.396 e. The number of hydrogen-bond acceptors (Lipinski definition) is 5. The summed E-state index contributed by atoms with van der Waals surface area (Å²) in [6.07, 6.45) is 3.50. The maximum Gasteiger partial charge on any atom is 0.265 e. The summed E-state index contributed by atoms with van der Waals surface area (Å²) in [5.74, 6) is 0.519. The van der Waals surface area contributed by atoms with Gasteiger partial charge in [-0.25, -0.2) is 0 Å². The summed E-state index contributed by atoms with van der Waals surface area (Å²) in [7, 11) is 3.39. The summed E-state index contributed by atoms with van der Waals surface area (Å²) >= 11 is 1.35. The van der Waals surface area contributed by atoms with Crippen LogP contribution in [0.3, 0.4) is 0 Å². The zero-order chi connectivity index (χ0) is 15.6. The molecule has 1 fully saturated rings. The van der Waals surface area contributed by atoms with Crippen molar-refractivity contribution in [3.63, 3.8) is 0 Å². The molecule has 114 valence electrons. The lowest BCUT2D eigenvalue weighted by atomic mass is 9.96. The van der Waals surface area contributed by atoms with Crippen molar-refractivity contribution in [2.45, 2.75) is 26.2 Å². The minimum atomic E-state index is -0.135. The highest BCUT2D eigenvalue weighted by molar-refractivity contribution is 7.19. The molecule has 0 radical (unpaired) electrons. The van der Waals surface area contributed by atoms with Gasteiger partial charge in [0, 0.05) is 27.2 Å². The highest BCUT2D eigenvalue weighted by atomic mass is 32.1. The van der Waals surface area contributed by atoms with Gasteiger partial charge >= 0.3 is 0 Å². The molecule has 1 aliphatic rings. The third-order valence-corrected chi connectivity index (χ3v) is 5.28. The van der Waals surface area contributed by atoms with Gasteiger partial charge in [-0.3, -0.25) is 4.79 Å². The molecule has 1 saturated heterocycles. The first-order valence-corrected chi connectivity index (χ1v) is 8.10. The summed E-state index contributed by atoms with van der Waals surface area (Å²) in [5.41, 5.74) is 6.83. The molecule has 1 atom stereocenters. The number of rotatable bonds is 3. The van der Waals surface area contributed by atoms with Gasteiger partial charge in [0.1, 0.15) is 21.5 Å². The number of nitrogen functional groups attached to an aromatic ring is 1. The second kappa shape index (κ2) is 6.35. The van der Waals surface area contributed by atoms with Gasteiger partial charge in [-0.05, 0) is 18.8 Å². The molecular weight excluding hydrogens is 284 g/mol. The van der Waals surface area contributed by atoms with Crippen molar-refractivity contribution in [2.24, 2.45) is 5.92 Å². The Bertz CT molecular complexity index is 573. The van der Waals surface area contributed by atoms with E-state index < -0.39 is 0 Å². The van der Waals surface area contributed by atoms with Crippen LogP contribution in [0.5, 0.6) is 0 Å². The lowest BCUT2D eigenvalue weighted by Gasteiger charge is -2.33. The number of nitriles is 1. The quantitative estimate of drug-likeness (QED) is 0.931. The molecule has 1 unspecified atom stereocenters. The second-order valence-electron chi connectivity index (χ2n) is 5.70. The molecule has 2 N–H and O–H groups in total. The predicted molar refractivity (Wildman–Crippen MR) is 86.7 cm³/mol. The van der Waals surface area contributed by atoms with E-state index in [-0.39, 0.29) is 5.91 Å². The molecule has 1 aromatic rings. The third kappa shape index (κ3) is 2.98. The molecule has 1 aliphatic heterocycles.